The summed E-state index contributed by atoms with van der Waals surface area (Å²) in [5.74, 6) is 0. The molecule has 80 valence electrons. The first-order valence-electron chi connectivity index (χ1n) is 5.46. The number of benzene rings is 2. The van der Waals surface area contributed by atoms with Crippen molar-refractivity contribution in [1.29, 1.82) is 5.26 Å². The molecule has 0 saturated heterocycles. The van der Waals surface area contributed by atoms with Crippen LogP contribution < -0.4 is 0 Å². The van der Waals surface area contributed by atoms with Crippen LogP contribution in [0.5, 0.6) is 0 Å². The maximum Gasteiger partial charge on any atom is 0.0912 e. The van der Waals surface area contributed by atoms with Gasteiger partial charge in [-0.2, -0.15) is 5.26 Å². The third kappa shape index (κ3) is 1.49. The molecular weight excluding hydrogens is 208 g/mol. The van der Waals surface area contributed by atoms with Gasteiger partial charge in [0.25, 0.3) is 0 Å². The summed E-state index contributed by atoms with van der Waals surface area (Å²) in [5, 5.41) is 11.0. The molecule has 0 atom stereocenters. The van der Waals surface area contributed by atoms with Crippen LogP contribution in [-0.4, -0.2) is 4.98 Å². The zero-order chi connectivity index (χ0) is 11.7. The molecule has 2 nitrogen and oxygen atoms in total. The Bertz CT molecular complexity index is 757. The van der Waals surface area contributed by atoms with Gasteiger partial charge in [-0.15, -0.1) is 0 Å². The fourth-order valence-corrected chi connectivity index (χ4v) is 2.16. The van der Waals surface area contributed by atoms with Gasteiger partial charge in [0, 0.05) is 22.4 Å². The second kappa shape index (κ2) is 3.80. The van der Waals surface area contributed by atoms with Crippen LogP contribution in [-0.2, 0) is 0 Å². The molecule has 0 bridgehead atoms. The van der Waals surface area contributed by atoms with E-state index in [0.29, 0.717) is 0 Å². The average Bonchev–Trinajstić information content (AvgIpc) is 2.75. The van der Waals surface area contributed by atoms with E-state index in [-0.39, 0.29) is 0 Å². The summed E-state index contributed by atoms with van der Waals surface area (Å²) in [4.78, 5) is 3.39. The number of allylic oxidation sites excluding steroid dienone is 1. The lowest BCUT2D eigenvalue weighted by Crippen LogP contribution is -1.75. The molecule has 0 aliphatic carbocycles. The number of H-pyrrole nitrogens is 1. The van der Waals surface area contributed by atoms with Gasteiger partial charge in [0.15, 0.2) is 0 Å². The smallest absolute Gasteiger partial charge is 0.0912 e. The minimum absolute atomic E-state index is 1.04. The number of nitrogens with zero attached hydrogens (tertiary/aromatic N) is 1. The van der Waals surface area contributed by atoms with E-state index in [2.05, 4.69) is 23.2 Å². The minimum atomic E-state index is 1.04. The van der Waals surface area contributed by atoms with Crippen molar-refractivity contribution in [1.82, 2.24) is 4.98 Å². The lowest BCUT2D eigenvalue weighted by Gasteiger charge is -1.95. The summed E-state index contributed by atoms with van der Waals surface area (Å²) in [5.41, 5.74) is 3.25. The zero-order valence-corrected chi connectivity index (χ0v) is 9.14. The van der Waals surface area contributed by atoms with Gasteiger partial charge in [-0.25, -0.2) is 0 Å². The minimum Gasteiger partial charge on any atom is -0.354 e. The van der Waals surface area contributed by atoms with Gasteiger partial charge in [-0.1, -0.05) is 36.4 Å². The molecule has 1 N–H and O–H groups in total. The molecule has 3 aromatic rings. The van der Waals surface area contributed by atoms with Gasteiger partial charge in [-0.3, -0.25) is 0 Å². The van der Waals surface area contributed by atoms with E-state index in [1.807, 2.05) is 36.4 Å². The van der Waals surface area contributed by atoms with E-state index in [9.17, 15) is 0 Å². The van der Waals surface area contributed by atoms with Crippen molar-refractivity contribution in [2.75, 3.05) is 0 Å². The molecule has 2 aromatic carbocycles. The first kappa shape index (κ1) is 9.68. The number of fused-ring (bicyclic) bond motifs is 3. The van der Waals surface area contributed by atoms with Crippen LogP contribution in [0, 0.1) is 11.3 Å². The summed E-state index contributed by atoms with van der Waals surface area (Å²) in [6.07, 6.45) is 3.33. The number of aromatic amines is 1. The molecule has 3 rings (SSSR count). The van der Waals surface area contributed by atoms with E-state index in [0.717, 1.165) is 16.6 Å². The van der Waals surface area contributed by atoms with Crippen molar-refractivity contribution in [2.45, 2.75) is 0 Å². The monoisotopic (exact) mass is 218 g/mol. The zero-order valence-electron chi connectivity index (χ0n) is 9.14. The van der Waals surface area contributed by atoms with Gasteiger partial charge in [0.05, 0.1) is 11.6 Å². The highest BCUT2D eigenvalue weighted by molar-refractivity contribution is 6.09. The number of aromatic nitrogens is 1. The summed E-state index contributed by atoms with van der Waals surface area (Å²) in [6.45, 7) is 0. The van der Waals surface area contributed by atoms with Crippen molar-refractivity contribution < 1.29 is 0 Å². The molecule has 0 aliphatic rings. The van der Waals surface area contributed by atoms with Crippen LogP contribution in [0.3, 0.4) is 0 Å². The Balaban J connectivity index is 2.40. The van der Waals surface area contributed by atoms with E-state index >= 15 is 0 Å². The largest absolute Gasteiger partial charge is 0.354 e. The lowest BCUT2D eigenvalue weighted by molar-refractivity contribution is 1.52. The molecule has 0 radical (unpaired) electrons. The molecule has 1 heterocycles. The highest BCUT2D eigenvalue weighted by atomic mass is 14.7. The van der Waals surface area contributed by atoms with E-state index in [1.165, 1.54) is 16.8 Å². The summed E-state index contributed by atoms with van der Waals surface area (Å²) >= 11 is 0. The van der Waals surface area contributed by atoms with E-state index in [4.69, 9.17) is 5.26 Å². The third-order valence-corrected chi connectivity index (χ3v) is 2.91. The van der Waals surface area contributed by atoms with Crippen LogP contribution in [0.2, 0.25) is 0 Å². The SMILES string of the molecule is N#CC=Cc1cccc2c1[nH]c1ccccc12. The van der Waals surface area contributed by atoms with Gasteiger partial charge in [-0.05, 0) is 17.7 Å². The van der Waals surface area contributed by atoms with Crippen LogP contribution in [0.25, 0.3) is 27.9 Å². The predicted molar refractivity (Wildman–Crippen MR) is 70.5 cm³/mol. The fraction of sp³-hybridized carbons (Fsp3) is 0. The quantitative estimate of drug-likeness (QED) is 0.619. The highest BCUT2D eigenvalue weighted by Gasteiger charge is 2.05. The second-order valence-corrected chi connectivity index (χ2v) is 3.90. The van der Waals surface area contributed by atoms with Crippen molar-refractivity contribution in [3.63, 3.8) is 0 Å². The first-order valence-corrected chi connectivity index (χ1v) is 5.46. The van der Waals surface area contributed by atoms with Crippen LogP contribution in [0.4, 0.5) is 0 Å². The van der Waals surface area contributed by atoms with Crippen LogP contribution >= 0.6 is 0 Å². The fourth-order valence-electron chi connectivity index (χ4n) is 2.16. The maximum atomic E-state index is 8.59. The number of nitriles is 1. The Hall–Kier alpha value is -2.53. The predicted octanol–water partition coefficient (Wildman–Crippen LogP) is 3.86. The molecule has 0 saturated carbocycles. The lowest BCUT2D eigenvalue weighted by atomic mass is 10.1. The Morgan fingerprint density at radius 3 is 2.71 bits per heavy atom. The molecule has 0 amide bonds. The van der Waals surface area contributed by atoms with Crippen LogP contribution in [0.1, 0.15) is 5.56 Å². The Kier molecular flexibility index (Phi) is 2.16. The number of hydrogen-bond acceptors (Lipinski definition) is 1. The molecule has 1 aromatic heterocycles. The Morgan fingerprint density at radius 2 is 1.82 bits per heavy atom. The molecule has 0 aliphatic heterocycles. The van der Waals surface area contributed by atoms with Crippen molar-refractivity contribution in [3.05, 3.63) is 54.1 Å². The van der Waals surface area contributed by atoms with Gasteiger partial charge < -0.3 is 4.98 Å². The van der Waals surface area contributed by atoms with Crippen molar-refractivity contribution in [2.24, 2.45) is 0 Å². The molecule has 0 spiro atoms. The summed E-state index contributed by atoms with van der Waals surface area (Å²) in [7, 11) is 0. The standard InChI is InChI=1S/C15H10N2/c16-10-4-6-11-5-3-8-13-12-7-1-2-9-14(12)17-15(11)13/h1-9,17H. The Morgan fingerprint density at radius 1 is 1.00 bits per heavy atom. The van der Waals surface area contributed by atoms with Gasteiger partial charge >= 0.3 is 0 Å². The normalized spacial score (nSPS) is 11.2. The van der Waals surface area contributed by atoms with Gasteiger partial charge in [0.1, 0.15) is 0 Å². The molecular formula is C15H10N2. The number of para-hydroxylation sites is 2. The van der Waals surface area contributed by atoms with E-state index in [1.54, 1.807) is 0 Å². The van der Waals surface area contributed by atoms with Gasteiger partial charge in [0.2, 0.25) is 0 Å². The van der Waals surface area contributed by atoms with Crippen LogP contribution in [0.15, 0.2) is 48.5 Å². The molecule has 17 heavy (non-hydrogen) atoms. The molecule has 2 heteroatoms. The average molecular weight is 218 g/mol. The number of rotatable bonds is 1. The molecule has 0 unspecified atom stereocenters. The maximum absolute atomic E-state index is 8.59. The summed E-state index contributed by atoms with van der Waals surface area (Å²) in [6, 6.07) is 16.4. The van der Waals surface area contributed by atoms with Crippen molar-refractivity contribution >= 4 is 27.9 Å². The first-order chi connectivity index (χ1) is 8.40. The topological polar surface area (TPSA) is 39.6 Å². The molecule has 0 fully saturated rings. The van der Waals surface area contributed by atoms with Crippen molar-refractivity contribution in [3.8, 4) is 6.07 Å². The second-order valence-electron chi connectivity index (χ2n) is 3.90. The summed E-state index contributed by atoms with van der Waals surface area (Å²) < 4.78 is 0. The van der Waals surface area contributed by atoms with E-state index < -0.39 is 0 Å². The number of nitrogens with one attached hydrogen (secondary N) is 1. The highest BCUT2D eigenvalue weighted by Crippen LogP contribution is 2.27. The third-order valence-electron chi connectivity index (χ3n) is 2.91. The Labute approximate surface area is 98.8 Å². The number of hydrogen-bond donors (Lipinski definition) is 1.